The van der Waals surface area contributed by atoms with Crippen LogP contribution < -0.4 is 10.9 Å². The number of nitriles is 1. The SMILES string of the molecule is Cn1cc(-n2cc(C(=O)Nc3ncc4c(c3C#N)CCOC4)ccc2=O)cn1. The Kier molecular flexibility index (Phi) is 4.47. The van der Waals surface area contributed by atoms with Crippen molar-refractivity contribution in [2.45, 2.75) is 13.0 Å². The van der Waals surface area contributed by atoms with E-state index in [4.69, 9.17) is 4.74 Å². The molecule has 1 N–H and O–H groups in total. The Bertz CT molecular complexity index is 1170. The molecule has 0 saturated heterocycles. The maximum Gasteiger partial charge on any atom is 0.258 e. The van der Waals surface area contributed by atoms with E-state index in [0.717, 1.165) is 11.1 Å². The number of fused-ring (bicyclic) bond motifs is 1. The summed E-state index contributed by atoms with van der Waals surface area (Å²) in [4.78, 5) is 29.1. The topological polar surface area (TPSA) is 115 Å². The van der Waals surface area contributed by atoms with Crippen LogP contribution in [0.3, 0.4) is 0 Å². The van der Waals surface area contributed by atoms with Gasteiger partial charge in [0.05, 0.1) is 36.2 Å². The standard InChI is InChI=1S/C19H16N6O3/c1-24-10-14(8-22-24)25-9-12(2-3-17(25)26)19(27)23-18-16(6-20)15-4-5-28-11-13(15)7-21-18/h2-3,7-10H,4-5,11H2,1H3,(H,21,23,27). The third-order valence-corrected chi connectivity index (χ3v) is 4.52. The van der Waals surface area contributed by atoms with Crippen molar-refractivity contribution in [3.63, 3.8) is 0 Å². The van der Waals surface area contributed by atoms with Gasteiger partial charge in [-0.2, -0.15) is 10.4 Å². The van der Waals surface area contributed by atoms with Gasteiger partial charge in [0.1, 0.15) is 6.07 Å². The van der Waals surface area contributed by atoms with Gasteiger partial charge in [-0.3, -0.25) is 18.8 Å². The summed E-state index contributed by atoms with van der Waals surface area (Å²) >= 11 is 0. The van der Waals surface area contributed by atoms with Crippen molar-refractivity contribution in [2.75, 3.05) is 11.9 Å². The van der Waals surface area contributed by atoms with Crippen LogP contribution in [0.5, 0.6) is 0 Å². The van der Waals surface area contributed by atoms with Gasteiger partial charge in [0.25, 0.3) is 11.5 Å². The Morgan fingerprint density at radius 1 is 1.32 bits per heavy atom. The van der Waals surface area contributed by atoms with Crippen molar-refractivity contribution in [1.82, 2.24) is 19.3 Å². The van der Waals surface area contributed by atoms with E-state index >= 15 is 0 Å². The van der Waals surface area contributed by atoms with Gasteiger partial charge in [0.2, 0.25) is 0 Å². The van der Waals surface area contributed by atoms with Gasteiger partial charge in [-0.15, -0.1) is 0 Å². The normalized spacial score (nSPS) is 12.9. The van der Waals surface area contributed by atoms with Crippen LogP contribution in [0.25, 0.3) is 5.69 Å². The molecule has 0 aromatic carbocycles. The summed E-state index contributed by atoms with van der Waals surface area (Å²) in [5, 5.41) is 16.3. The average Bonchev–Trinajstić information content (AvgIpc) is 3.14. The fourth-order valence-corrected chi connectivity index (χ4v) is 3.11. The fraction of sp³-hybridized carbons (Fsp3) is 0.211. The predicted molar refractivity (Wildman–Crippen MR) is 99.1 cm³/mol. The van der Waals surface area contributed by atoms with Crippen LogP contribution in [0, 0.1) is 11.3 Å². The van der Waals surface area contributed by atoms with E-state index in [1.165, 1.54) is 29.1 Å². The zero-order valence-electron chi connectivity index (χ0n) is 15.0. The van der Waals surface area contributed by atoms with E-state index in [-0.39, 0.29) is 16.9 Å². The van der Waals surface area contributed by atoms with Crippen LogP contribution in [0.4, 0.5) is 5.82 Å². The summed E-state index contributed by atoms with van der Waals surface area (Å²) in [5.74, 6) is -0.263. The highest BCUT2D eigenvalue weighted by atomic mass is 16.5. The molecule has 3 aromatic heterocycles. The molecule has 4 heterocycles. The third kappa shape index (κ3) is 3.17. The van der Waals surface area contributed by atoms with E-state index in [9.17, 15) is 14.9 Å². The Labute approximate surface area is 159 Å². The number of anilines is 1. The van der Waals surface area contributed by atoms with Gasteiger partial charge < -0.3 is 10.1 Å². The minimum Gasteiger partial charge on any atom is -0.376 e. The Morgan fingerprint density at radius 2 is 2.18 bits per heavy atom. The van der Waals surface area contributed by atoms with Crippen molar-refractivity contribution in [1.29, 1.82) is 5.26 Å². The number of rotatable bonds is 3. The Morgan fingerprint density at radius 3 is 2.93 bits per heavy atom. The van der Waals surface area contributed by atoms with Crippen LogP contribution in [0.1, 0.15) is 27.0 Å². The van der Waals surface area contributed by atoms with Gasteiger partial charge in [0.15, 0.2) is 5.82 Å². The number of carbonyl (C=O) groups is 1. The van der Waals surface area contributed by atoms with Gasteiger partial charge in [-0.05, 0) is 18.1 Å². The molecule has 1 amide bonds. The Balaban J connectivity index is 1.67. The highest BCUT2D eigenvalue weighted by Gasteiger charge is 2.20. The van der Waals surface area contributed by atoms with Crippen LogP contribution in [-0.2, 0) is 24.8 Å². The second kappa shape index (κ2) is 7.09. The highest BCUT2D eigenvalue weighted by Crippen LogP contribution is 2.25. The number of pyridine rings is 2. The lowest BCUT2D eigenvalue weighted by Gasteiger charge is -2.18. The molecule has 28 heavy (non-hydrogen) atoms. The molecule has 140 valence electrons. The molecule has 9 heteroatoms. The Hall–Kier alpha value is -3.77. The van der Waals surface area contributed by atoms with Gasteiger partial charge in [0, 0.05) is 37.3 Å². The number of nitrogens with one attached hydrogen (secondary N) is 1. The zero-order valence-corrected chi connectivity index (χ0v) is 15.0. The molecular formula is C19H16N6O3. The third-order valence-electron chi connectivity index (χ3n) is 4.52. The lowest BCUT2D eigenvalue weighted by atomic mass is 10.00. The number of hydrogen-bond donors (Lipinski definition) is 1. The minimum absolute atomic E-state index is 0.201. The molecule has 0 saturated carbocycles. The average molecular weight is 376 g/mol. The molecule has 0 radical (unpaired) electrons. The number of nitrogens with zero attached hydrogens (tertiary/aromatic N) is 5. The molecule has 0 fully saturated rings. The number of aromatic nitrogens is 4. The van der Waals surface area contributed by atoms with Crippen molar-refractivity contribution < 1.29 is 9.53 Å². The van der Waals surface area contributed by atoms with Crippen LogP contribution in [-0.4, -0.2) is 31.8 Å². The number of ether oxygens (including phenoxy) is 1. The van der Waals surface area contributed by atoms with Gasteiger partial charge >= 0.3 is 0 Å². The predicted octanol–water partition coefficient (Wildman–Crippen LogP) is 1.16. The molecular weight excluding hydrogens is 360 g/mol. The van der Waals surface area contributed by atoms with Gasteiger partial charge in [-0.1, -0.05) is 0 Å². The number of hydrogen-bond acceptors (Lipinski definition) is 6. The molecule has 1 aliphatic rings. The monoisotopic (exact) mass is 376 g/mol. The van der Waals surface area contributed by atoms with E-state index in [1.807, 2.05) is 0 Å². The molecule has 1 aliphatic heterocycles. The van der Waals surface area contributed by atoms with Crippen molar-refractivity contribution in [2.24, 2.45) is 7.05 Å². The lowest BCUT2D eigenvalue weighted by Crippen LogP contribution is -2.22. The summed E-state index contributed by atoms with van der Waals surface area (Å²) in [6, 6.07) is 4.87. The van der Waals surface area contributed by atoms with E-state index in [2.05, 4.69) is 21.5 Å². The summed E-state index contributed by atoms with van der Waals surface area (Å²) in [6.07, 6.45) is 6.85. The van der Waals surface area contributed by atoms with Crippen molar-refractivity contribution in [3.05, 3.63) is 69.5 Å². The summed E-state index contributed by atoms with van der Waals surface area (Å²) < 4.78 is 8.28. The summed E-state index contributed by atoms with van der Waals surface area (Å²) in [6.45, 7) is 0.927. The first kappa shape index (κ1) is 17.6. The first-order valence-corrected chi connectivity index (χ1v) is 8.58. The van der Waals surface area contributed by atoms with Crippen molar-refractivity contribution in [3.8, 4) is 11.8 Å². The van der Waals surface area contributed by atoms with Crippen LogP contribution in [0.2, 0.25) is 0 Å². The maximum atomic E-state index is 12.7. The second-order valence-corrected chi connectivity index (χ2v) is 6.35. The van der Waals surface area contributed by atoms with E-state index in [0.29, 0.717) is 30.9 Å². The zero-order chi connectivity index (χ0) is 19.7. The molecule has 0 spiro atoms. The molecule has 4 rings (SSSR count). The molecule has 0 bridgehead atoms. The molecule has 0 unspecified atom stereocenters. The molecule has 0 aliphatic carbocycles. The lowest BCUT2D eigenvalue weighted by molar-refractivity contribution is 0.102. The number of aryl methyl sites for hydroxylation is 1. The first-order chi connectivity index (χ1) is 13.6. The van der Waals surface area contributed by atoms with Gasteiger partial charge in [-0.25, -0.2) is 4.98 Å². The van der Waals surface area contributed by atoms with E-state index < -0.39 is 5.91 Å². The maximum absolute atomic E-state index is 12.7. The fourth-order valence-electron chi connectivity index (χ4n) is 3.11. The first-order valence-electron chi connectivity index (χ1n) is 8.58. The number of amides is 1. The largest absolute Gasteiger partial charge is 0.376 e. The molecule has 9 nitrogen and oxygen atoms in total. The second-order valence-electron chi connectivity index (χ2n) is 6.35. The quantitative estimate of drug-likeness (QED) is 0.734. The molecule has 0 atom stereocenters. The highest BCUT2D eigenvalue weighted by molar-refractivity contribution is 6.04. The minimum atomic E-state index is -0.464. The summed E-state index contributed by atoms with van der Waals surface area (Å²) in [7, 11) is 1.74. The molecule has 3 aromatic rings. The van der Waals surface area contributed by atoms with Crippen LogP contribution >= 0.6 is 0 Å². The smallest absolute Gasteiger partial charge is 0.258 e. The van der Waals surface area contributed by atoms with E-state index in [1.54, 1.807) is 24.1 Å². The summed E-state index contributed by atoms with van der Waals surface area (Å²) in [5.41, 5.74) is 2.57. The van der Waals surface area contributed by atoms with Crippen LogP contribution in [0.15, 0.2) is 41.7 Å². The number of carbonyl (C=O) groups excluding carboxylic acids is 1. The van der Waals surface area contributed by atoms with Crippen molar-refractivity contribution >= 4 is 11.7 Å².